The molecule has 0 spiro atoms. The van der Waals surface area contributed by atoms with E-state index in [1.165, 1.54) is 24.3 Å². The van der Waals surface area contributed by atoms with Crippen molar-refractivity contribution in [3.63, 3.8) is 0 Å². The van der Waals surface area contributed by atoms with Crippen LogP contribution in [0.3, 0.4) is 0 Å². The minimum atomic E-state index is -0.508. The van der Waals surface area contributed by atoms with Crippen molar-refractivity contribution in [2.75, 3.05) is 6.54 Å². The van der Waals surface area contributed by atoms with E-state index in [1.54, 1.807) is 0 Å². The number of aryl methyl sites for hydroxylation is 1. The summed E-state index contributed by atoms with van der Waals surface area (Å²) in [5, 5.41) is 9.20. The molecule has 2 aromatic rings. The van der Waals surface area contributed by atoms with Gasteiger partial charge in [-0.1, -0.05) is 6.07 Å². The predicted molar refractivity (Wildman–Crippen MR) is 78.3 cm³/mol. The molecule has 1 aliphatic heterocycles. The summed E-state index contributed by atoms with van der Waals surface area (Å²) in [4.78, 5) is 0. The number of hydrogen-bond donors (Lipinski definition) is 1. The van der Waals surface area contributed by atoms with Crippen molar-refractivity contribution in [2.24, 2.45) is 5.73 Å². The number of nitriles is 1. The van der Waals surface area contributed by atoms with E-state index in [9.17, 15) is 14.0 Å². The van der Waals surface area contributed by atoms with E-state index in [2.05, 4.69) is 0 Å². The summed E-state index contributed by atoms with van der Waals surface area (Å²) in [6.45, 7) is 0.366. The Morgan fingerprint density at radius 1 is 1.18 bits per heavy atom. The van der Waals surface area contributed by atoms with Crippen molar-refractivity contribution < 1.29 is 13.5 Å². The summed E-state index contributed by atoms with van der Waals surface area (Å²) in [5.74, 6) is -0.380. The maximum Gasteiger partial charge on any atom is 0.131 e. The molecule has 3 nitrogen and oxygen atoms in total. The molecule has 0 radical (unpaired) electrons. The van der Waals surface area contributed by atoms with Gasteiger partial charge in [0, 0.05) is 17.7 Å². The van der Waals surface area contributed by atoms with Gasteiger partial charge in [-0.05, 0) is 42.7 Å². The van der Waals surface area contributed by atoms with Crippen LogP contribution in [0, 0.1) is 23.0 Å². The highest BCUT2D eigenvalue weighted by Crippen LogP contribution is 2.39. The van der Waals surface area contributed by atoms with Crippen molar-refractivity contribution >= 4 is 0 Å². The van der Waals surface area contributed by atoms with Crippen LogP contribution in [0.15, 0.2) is 30.3 Å². The van der Waals surface area contributed by atoms with Crippen molar-refractivity contribution in [1.29, 1.82) is 5.26 Å². The molecule has 0 fully saturated rings. The topological polar surface area (TPSA) is 59.0 Å². The first kappa shape index (κ1) is 14.5. The number of nitrogens with two attached hydrogens (primary N) is 1. The van der Waals surface area contributed by atoms with Crippen LogP contribution in [0.2, 0.25) is 0 Å². The minimum absolute atomic E-state index is 0.136. The maximum atomic E-state index is 13.9. The molecular weight excluding hydrogens is 286 g/mol. The largest absolute Gasteiger partial charge is 0.488 e. The number of halogens is 2. The van der Waals surface area contributed by atoms with Crippen LogP contribution in [-0.2, 0) is 6.42 Å². The molecule has 2 aromatic carbocycles. The number of hydrogen-bond acceptors (Lipinski definition) is 3. The van der Waals surface area contributed by atoms with E-state index in [4.69, 9.17) is 10.5 Å². The van der Waals surface area contributed by atoms with Gasteiger partial charge in [-0.2, -0.15) is 5.26 Å². The quantitative estimate of drug-likeness (QED) is 0.927. The van der Waals surface area contributed by atoms with Gasteiger partial charge in [0.05, 0.1) is 11.6 Å². The second-order valence-corrected chi connectivity index (χ2v) is 5.26. The van der Waals surface area contributed by atoms with Crippen LogP contribution in [-0.4, -0.2) is 12.6 Å². The van der Waals surface area contributed by atoms with E-state index in [0.717, 1.165) is 18.1 Å². The van der Waals surface area contributed by atoms with Gasteiger partial charge < -0.3 is 10.5 Å². The van der Waals surface area contributed by atoms with E-state index in [-0.39, 0.29) is 11.7 Å². The molecule has 112 valence electrons. The Morgan fingerprint density at radius 2 is 2.00 bits per heavy atom. The number of fused-ring (bicyclic) bond motifs is 1. The Hall–Kier alpha value is -2.45. The van der Waals surface area contributed by atoms with Gasteiger partial charge in [0.1, 0.15) is 23.5 Å². The third-order valence-corrected chi connectivity index (χ3v) is 3.81. The third kappa shape index (κ3) is 2.53. The molecule has 2 N–H and O–H groups in total. The molecule has 1 aliphatic rings. The van der Waals surface area contributed by atoms with Gasteiger partial charge in [0.15, 0.2) is 0 Å². The van der Waals surface area contributed by atoms with Crippen molar-refractivity contribution in [3.8, 4) is 22.9 Å². The van der Waals surface area contributed by atoms with Crippen LogP contribution in [0.4, 0.5) is 8.78 Å². The number of benzene rings is 2. The number of ether oxygens (including phenoxy) is 1. The van der Waals surface area contributed by atoms with E-state index < -0.39 is 11.6 Å². The average molecular weight is 300 g/mol. The molecule has 1 heterocycles. The van der Waals surface area contributed by atoms with Gasteiger partial charge in [-0.15, -0.1) is 0 Å². The van der Waals surface area contributed by atoms with Crippen molar-refractivity contribution in [2.45, 2.75) is 18.9 Å². The van der Waals surface area contributed by atoms with Crippen LogP contribution < -0.4 is 10.5 Å². The maximum absolute atomic E-state index is 13.9. The summed E-state index contributed by atoms with van der Waals surface area (Å²) in [6.07, 6.45) is 1.24. The number of nitrogens with zero attached hydrogens (tertiary/aromatic N) is 1. The second kappa shape index (κ2) is 5.74. The molecule has 0 bridgehead atoms. The Kier molecular flexibility index (Phi) is 3.78. The van der Waals surface area contributed by atoms with E-state index in [0.29, 0.717) is 29.8 Å². The third-order valence-electron chi connectivity index (χ3n) is 3.81. The minimum Gasteiger partial charge on any atom is -0.488 e. The Morgan fingerprint density at radius 3 is 2.73 bits per heavy atom. The lowest BCUT2D eigenvalue weighted by atomic mass is 9.93. The predicted octanol–water partition coefficient (Wildman–Crippen LogP) is 3.16. The van der Waals surface area contributed by atoms with Crippen LogP contribution in [0.1, 0.15) is 17.5 Å². The molecule has 0 aliphatic carbocycles. The smallest absolute Gasteiger partial charge is 0.131 e. The van der Waals surface area contributed by atoms with Gasteiger partial charge >= 0.3 is 0 Å². The molecule has 1 atom stereocenters. The first-order valence-electron chi connectivity index (χ1n) is 7.01. The van der Waals surface area contributed by atoms with Crippen LogP contribution in [0.25, 0.3) is 11.1 Å². The van der Waals surface area contributed by atoms with Gasteiger partial charge in [0.2, 0.25) is 0 Å². The monoisotopic (exact) mass is 300 g/mol. The summed E-state index contributed by atoms with van der Waals surface area (Å²) in [7, 11) is 0. The van der Waals surface area contributed by atoms with Crippen molar-refractivity contribution in [3.05, 3.63) is 53.1 Å². The lowest BCUT2D eigenvalue weighted by Crippen LogP contribution is -2.30. The molecule has 0 saturated carbocycles. The molecule has 0 unspecified atom stereocenters. The van der Waals surface area contributed by atoms with E-state index >= 15 is 0 Å². The van der Waals surface area contributed by atoms with E-state index in [1.807, 2.05) is 6.07 Å². The first-order chi connectivity index (χ1) is 10.6. The normalized spacial score (nSPS) is 16.5. The highest BCUT2D eigenvalue weighted by Gasteiger charge is 2.24. The lowest BCUT2D eigenvalue weighted by Gasteiger charge is -2.27. The molecular formula is C17H14F2N2O. The van der Waals surface area contributed by atoms with Crippen molar-refractivity contribution in [1.82, 2.24) is 0 Å². The molecule has 3 rings (SSSR count). The standard InChI is InChI=1S/C17H14F2N2O/c18-12-2-4-15(11(6-12)8-20)16-7-13(19)5-10-1-3-14(9-21)22-17(10)16/h2,4-7,14H,1,3,9,21H2/t14-/m1/s1. The fraction of sp³-hybridized carbons (Fsp3) is 0.235. The Labute approximate surface area is 126 Å². The fourth-order valence-electron chi connectivity index (χ4n) is 2.73. The van der Waals surface area contributed by atoms with Gasteiger partial charge in [0.25, 0.3) is 0 Å². The lowest BCUT2D eigenvalue weighted by molar-refractivity contribution is 0.182. The van der Waals surface area contributed by atoms with Crippen LogP contribution in [0.5, 0.6) is 5.75 Å². The summed E-state index contributed by atoms with van der Waals surface area (Å²) >= 11 is 0. The number of rotatable bonds is 2. The highest BCUT2D eigenvalue weighted by molar-refractivity contribution is 5.77. The molecule has 0 aromatic heterocycles. The zero-order valence-electron chi connectivity index (χ0n) is 11.8. The molecule has 0 amide bonds. The summed E-state index contributed by atoms with van der Waals surface area (Å²) in [6, 6.07) is 8.54. The van der Waals surface area contributed by atoms with Gasteiger partial charge in [-0.25, -0.2) is 8.78 Å². The zero-order valence-corrected chi connectivity index (χ0v) is 11.8. The second-order valence-electron chi connectivity index (χ2n) is 5.26. The summed E-state index contributed by atoms with van der Waals surface area (Å²) in [5.41, 5.74) is 7.46. The first-order valence-corrected chi connectivity index (χ1v) is 7.01. The Balaban J connectivity index is 2.20. The molecule has 5 heteroatoms. The zero-order chi connectivity index (χ0) is 15.7. The average Bonchev–Trinajstić information content (AvgIpc) is 2.53. The SMILES string of the molecule is N#Cc1cc(F)ccc1-c1cc(F)cc2c1O[C@@H](CN)CC2. The Bertz CT molecular complexity index is 768. The fourth-order valence-corrected chi connectivity index (χ4v) is 2.73. The molecule has 22 heavy (non-hydrogen) atoms. The molecule has 0 saturated heterocycles. The van der Waals surface area contributed by atoms with Crippen LogP contribution >= 0.6 is 0 Å². The summed E-state index contributed by atoms with van der Waals surface area (Å²) < 4.78 is 33.1. The van der Waals surface area contributed by atoms with Gasteiger partial charge in [-0.3, -0.25) is 0 Å². The highest BCUT2D eigenvalue weighted by atomic mass is 19.1.